The topological polar surface area (TPSA) is 55.1 Å². The highest BCUT2D eigenvalue weighted by molar-refractivity contribution is 5.93. The van der Waals surface area contributed by atoms with Gasteiger partial charge in [0, 0.05) is 6.54 Å². The quantitative estimate of drug-likeness (QED) is 0.822. The Hall–Kier alpha value is -2.10. The van der Waals surface area contributed by atoms with Crippen molar-refractivity contribution in [1.29, 1.82) is 0 Å². The van der Waals surface area contributed by atoms with Gasteiger partial charge in [-0.2, -0.15) is 0 Å². The van der Waals surface area contributed by atoms with Crippen molar-refractivity contribution in [2.75, 3.05) is 0 Å². The summed E-state index contributed by atoms with van der Waals surface area (Å²) < 4.78 is 4.58. The molecule has 0 aliphatic heterocycles. The summed E-state index contributed by atoms with van der Waals surface area (Å²) in [5.74, 6) is -0.180. The van der Waals surface area contributed by atoms with Crippen LogP contribution in [-0.4, -0.2) is 11.1 Å². The van der Waals surface area contributed by atoms with Crippen LogP contribution >= 0.6 is 0 Å². The average molecular weight is 202 g/mol. The summed E-state index contributed by atoms with van der Waals surface area (Å²) in [6.07, 6.45) is 2.71. The van der Waals surface area contributed by atoms with E-state index in [-0.39, 0.29) is 5.91 Å². The molecule has 4 heteroatoms. The highest BCUT2D eigenvalue weighted by Crippen LogP contribution is 2.00. The van der Waals surface area contributed by atoms with Crippen LogP contribution in [0.1, 0.15) is 15.9 Å². The molecule has 4 nitrogen and oxygen atoms in total. The van der Waals surface area contributed by atoms with Crippen molar-refractivity contribution >= 4 is 5.91 Å². The molecule has 15 heavy (non-hydrogen) atoms. The standard InChI is InChI=1S/C11H10N2O2/c14-11(10-7-13-15-8-10)12-6-9-4-2-1-3-5-9/h1-5,7-8H,6H2,(H,12,14). The molecule has 0 unspecified atom stereocenters. The van der Waals surface area contributed by atoms with Crippen LogP contribution in [0.2, 0.25) is 0 Å². The van der Waals surface area contributed by atoms with Gasteiger partial charge in [-0.1, -0.05) is 35.5 Å². The third kappa shape index (κ3) is 2.43. The van der Waals surface area contributed by atoms with Crippen LogP contribution in [-0.2, 0) is 6.54 Å². The van der Waals surface area contributed by atoms with Crippen LogP contribution in [0.3, 0.4) is 0 Å². The molecule has 1 aromatic carbocycles. The van der Waals surface area contributed by atoms with E-state index in [4.69, 9.17) is 0 Å². The largest absolute Gasteiger partial charge is 0.364 e. The van der Waals surface area contributed by atoms with Crippen LogP contribution in [0, 0.1) is 0 Å². The SMILES string of the molecule is O=C(NCc1ccccc1)c1cnoc1. The number of rotatable bonds is 3. The first-order valence-corrected chi connectivity index (χ1v) is 4.58. The highest BCUT2D eigenvalue weighted by Gasteiger charge is 2.06. The van der Waals surface area contributed by atoms with E-state index in [9.17, 15) is 4.79 Å². The number of nitrogens with one attached hydrogen (secondary N) is 1. The van der Waals surface area contributed by atoms with Gasteiger partial charge in [-0.05, 0) is 5.56 Å². The first-order chi connectivity index (χ1) is 7.36. The molecule has 76 valence electrons. The van der Waals surface area contributed by atoms with Gasteiger partial charge in [-0.3, -0.25) is 4.79 Å². The summed E-state index contributed by atoms with van der Waals surface area (Å²) in [4.78, 5) is 11.5. The molecule has 0 radical (unpaired) electrons. The van der Waals surface area contributed by atoms with Crippen LogP contribution in [0.4, 0.5) is 0 Å². The van der Waals surface area contributed by atoms with E-state index in [1.54, 1.807) is 0 Å². The Kier molecular flexibility index (Phi) is 2.78. The molecule has 0 atom stereocenters. The number of benzene rings is 1. The summed E-state index contributed by atoms with van der Waals surface area (Å²) in [7, 11) is 0. The lowest BCUT2D eigenvalue weighted by atomic mass is 10.2. The fraction of sp³-hybridized carbons (Fsp3) is 0.0909. The molecule has 0 aliphatic carbocycles. The molecule has 0 spiro atoms. The Morgan fingerprint density at radius 3 is 2.80 bits per heavy atom. The number of amides is 1. The third-order valence-corrected chi connectivity index (χ3v) is 1.99. The molecule has 0 saturated heterocycles. The first-order valence-electron chi connectivity index (χ1n) is 4.58. The summed E-state index contributed by atoms with van der Waals surface area (Å²) in [6, 6.07) is 9.70. The van der Waals surface area contributed by atoms with Crippen LogP contribution < -0.4 is 5.32 Å². The molecule has 1 N–H and O–H groups in total. The Morgan fingerprint density at radius 2 is 2.13 bits per heavy atom. The fourth-order valence-electron chi connectivity index (χ4n) is 1.20. The van der Waals surface area contributed by atoms with Gasteiger partial charge in [0.1, 0.15) is 6.26 Å². The first kappa shape index (κ1) is 9.45. The molecular weight excluding hydrogens is 192 g/mol. The van der Waals surface area contributed by atoms with Crippen molar-refractivity contribution in [2.24, 2.45) is 0 Å². The van der Waals surface area contributed by atoms with E-state index in [0.29, 0.717) is 12.1 Å². The zero-order valence-corrected chi connectivity index (χ0v) is 8.01. The fourth-order valence-corrected chi connectivity index (χ4v) is 1.20. The minimum absolute atomic E-state index is 0.180. The second-order valence-corrected chi connectivity index (χ2v) is 3.08. The molecule has 2 aromatic rings. The number of hydrogen-bond donors (Lipinski definition) is 1. The molecule has 2 rings (SSSR count). The van der Waals surface area contributed by atoms with Crippen LogP contribution in [0.15, 0.2) is 47.3 Å². The van der Waals surface area contributed by atoms with Crippen molar-refractivity contribution in [2.45, 2.75) is 6.54 Å². The third-order valence-electron chi connectivity index (χ3n) is 1.99. The van der Waals surface area contributed by atoms with E-state index in [2.05, 4.69) is 15.0 Å². The summed E-state index contributed by atoms with van der Waals surface area (Å²) >= 11 is 0. The van der Waals surface area contributed by atoms with Crippen LogP contribution in [0.5, 0.6) is 0 Å². The van der Waals surface area contributed by atoms with Gasteiger partial charge in [0.15, 0.2) is 0 Å². The molecule has 0 saturated carbocycles. The Bertz CT molecular complexity index is 423. The number of carbonyl (C=O) groups excluding carboxylic acids is 1. The maximum atomic E-state index is 11.5. The second kappa shape index (κ2) is 4.41. The molecule has 1 amide bonds. The Balaban J connectivity index is 1.92. The maximum absolute atomic E-state index is 11.5. The van der Waals surface area contributed by atoms with Gasteiger partial charge in [0.25, 0.3) is 5.91 Å². The van der Waals surface area contributed by atoms with Crippen molar-refractivity contribution < 1.29 is 9.32 Å². The van der Waals surface area contributed by atoms with E-state index in [1.165, 1.54) is 12.5 Å². The van der Waals surface area contributed by atoms with Gasteiger partial charge in [0.05, 0.1) is 11.8 Å². The molecule has 0 bridgehead atoms. The van der Waals surface area contributed by atoms with Crippen LogP contribution in [0.25, 0.3) is 0 Å². The minimum Gasteiger partial charge on any atom is -0.364 e. The number of aromatic nitrogens is 1. The monoisotopic (exact) mass is 202 g/mol. The second-order valence-electron chi connectivity index (χ2n) is 3.08. The maximum Gasteiger partial charge on any atom is 0.256 e. The predicted octanol–water partition coefficient (Wildman–Crippen LogP) is 1.60. The smallest absolute Gasteiger partial charge is 0.256 e. The molecule has 1 heterocycles. The lowest BCUT2D eigenvalue weighted by Crippen LogP contribution is -2.22. The van der Waals surface area contributed by atoms with Gasteiger partial charge in [-0.25, -0.2) is 0 Å². The van der Waals surface area contributed by atoms with Crippen molar-refractivity contribution in [1.82, 2.24) is 10.5 Å². The highest BCUT2D eigenvalue weighted by atomic mass is 16.5. The van der Waals surface area contributed by atoms with Crippen molar-refractivity contribution in [3.8, 4) is 0 Å². The molecule has 0 fully saturated rings. The van der Waals surface area contributed by atoms with E-state index < -0.39 is 0 Å². The number of hydrogen-bond acceptors (Lipinski definition) is 3. The van der Waals surface area contributed by atoms with Gasteiger partial charge < -0.3 is 9.84 Å². The van der Waals surface area contributed by atoms with E-state index in [1.807, 2.05) is 30.3 Å². The normalized spacial score (nSPS) is 9.87. The zero-order chi connectivity index (χ0) is 10.5. The summed E-state index contributed by atoms with van der Waals surface area (Å²) in [5, 5.41) is 6.22. The number of carbonyl (C=O) groups is 1. The zero-order valence-electron chi connectivity index (χ0n) is 8.01. The molecule has 0 aliphatic rings. The summed E-state index contributed by atoms with van der Waals surface area (Å²) in [5.41, 5.74) is 1.49. The van der Waals surface area contributed by atoms with E-state index in [0.717, 1.165) is 5.56 Å². The predicted molar refractivity (Wildman–Crippen MR) is 54.1 cm³/mol. The lowest BCUT2D eigenvalue weighted by Gasteiger charge is -2.02. The molecule has 1 aromatic heterocycles. The van der Waals surface area contributed by atoms with Gasteiger partial charge >= 0.3 is 0 Å². The van der Waals surface area contributed by atoms with Gasteiger partial charge in [0.2, 0.25) is 0 Å². The summed E-state index contributed by atoms with van der Waals surface area (Å²) in [6.45, 7) is 0.505. The Morgan fingerprint density at radius 1 is 1.33 bits per heavy atom. The number of nitrogens with zero attached hydrogens (tertiary/aromatic N) is 1. The van der Waals surface area contributed by atoms with Gasteiger partial charge in [-0.15, -0.1) is 0 Å². The van der Waals surface area contributed by atoms with Crippen molar-refractivity contribution in [3.05, 3.63) is 53.9 Å². The van der Waals surface area contributed by atoms with E-state index >= 15 is 0 Å². The average Bonchev–Trinajstić information content (AvgIpc) is 2.81. The Labute approximate surface area is 86.9 Å². The van der Waals surface area contributed by atoms with Crippen molar-refractivity contribution in [3.63, 3.8) is 0 Å². The lowest BCUT2D eigenvalue weighted by molar-refractivity contribution is 0.0950. The minimum atomic E-state index is -0.180. The molecular formula is C11H10N2O2.